The van der Waals surface area contributed by atoms with Gasteiger partial charge in [-0.15, -0.1) is 0 Å². The second-order valence-electron chi connectivity index (χ2n) is 2.06. The summed E-state index contributed by atoms with van der Waals surface area (Å²) < 4.78 is 29.4. The summed E-state index contributed by atoms with van der Waals surface area (Å²) in [5.41, 5.74) is 0. The van der Waals surface area contributed by atoms with Crippen LogP contribution in [-0.2, 0) is 0 Å². The van der Waals surface area contributed by atoms with E-state index < -0.39 is 11.4 Å². The van der Waals surface area contributed by atoms with E-state index in [1.807, 2.05) is 0 Å². The Labute approximate surface area is 76.7 Å². The van der Waals surface area contributed by atoms with Crippen LogP contribution < -0.4 is 4.74 Å². The highest BCUT2D eigenvalue weighted by Gasteiger charge is 2.29. The van der Waals surface area contributed by atoms with Crippen molar-refractivity contribution < 1.29 is 13.5 Å². The summed E-state index contributed by atoms with van der Waals surface area (Å²) in [6.07, 6.45) is -0.460. The average molecular weight is 238 g/mol. The van der Waals surface area contributed by atoms with Gasteiger partial charge in [0.2, 0.25) is 0 Å². The van der Waals surface area contributed by atoms with Gasteiger partial charge in [-0.2, -0.15) is 8.78 Å². The Morgan fingerprint density at radius 3 is 2.83 bits per heavy atom. The van der Waals surface area contributed by atoms with Crippen LogP contribution in [0.15, 0.2) is 24.5 Å². The van der Waals surface area contributed by atoms with Crippen LogP contribution >= 0.6 is 15.9 Å². The first kappa shape index (κ1) is 9.38. The van der Waals surface area contributed by atoms with Gasteiger partial charge < -0.3 is 4.74 Å². The number of ether oxygens (including phenoxy) is 1. The molecule has 0 N–H and O–H groups in total. The summed E-state index contributed by atoms with van der Waals surface area (Å²) in [7, 11) is 0. The lowest BCUT2D eigenvalue weighted by Gasteiger charge is -2.14. The second kappa shape index (κ2) is 3.80. The molecule has 0 aromatic carbocycles. The topological polar surface area (TPSA) is 22.1 Å². The van der Waals surface area contributed by atoms with E-state index in [-0.39, 0.29) is 5.75 Å². The molecule has 0 spiro atoms. The average Bonchev–Trinajstić information content (AvgIpc) is 2.06. The Kier molecular flexibility index (Phi) is 2.97. The smallest absolute Gasteiger partial charge is 0.407 e. The first-order chi connectivity index (χ1) is 5.64. The molecular weight excluding hydrogens is 232 g/mol. The van der Waals surface area contributed by atoms with Gasteiger partial charge in [-0.1, -0.05) is 15.9 Å². The third kappa shape index (κ3) is 2.73. The first-order valence-corrected chi connectivity index (χ1v) is 4.29. The van der Waals surface area contributed by atoms with Crippen LogP contribution in [0.25, 0.3) is 0 Å². The van der Waals surface area contributed by atoms with Crippen LogP contribution in [0.3, 0.4) is 0 Å². The summed E-state index contributed by atoms with van der Waals surface area (Å²) in [6, 6.07) is 2.95. The zero-order valence-electron chi connectivity index (χ0n) is 6.01. The van der Waals surface area contributed by atoms with Crippen molar-refractivity contribution in [1.82, 2.24) is 4.98 Å². The van der Waals surface area contributed by atoms with Gasteiger partial charge in [-0.05, 0) is 12.1 Å². The van der Waals surface area contributed by atoms with Crippen LogP contribution in [0, 0.1) is 0 Å². The van der Waals surface area contributed by atoms with Crippen molar-refractivity contribution in [2.24, 2.45) is 0 Å². The Hall–Kier alpha value is -0.710. The molecule has 0 aliphatic carbocycles. The molecule has 0 fully saturated rings. The van der Waals surface area contributed by atoms with Crippen molar-refractivity contribution in [3.05, 3.63) is 24.5 Å². The number of rotatable bonds is 3. The summed E-state index contributed by atoms with van der Waals surface area (Å²) >= 11 is 2.63. The van der Waals surface area contributed by atoms with E-state index in [0.717, 1.165) is 0 Å². The second-order valence-corrected chi connectivity index (χ2v) is 2.62. The highest BCUT2D eigenvalue weighted by atomic mass is 79.9. The van der Waals surface area contributed by atoms with Gasteiger partial charge in [0.15, 0.2) is 0 Å². The lowest BCUT2D eigenvalue weighted by Crippen LogP contribution is -2.26. The van der Waals surface area contributed by atoms with Crippen molar-refractivity contribution in [2.45, 2.75) is 6.11 Å². The number of alkyl halides is 3. The van der Waals surface area contributed by atoms with E-state index >= 15 is 0 Å². The van der Waals surface area contributed by atoms with E-state index in [2.05, 4.69) is 25.7 Å². The van der Waals surface area contributed by atoms with Crippen molar-refractivity contribution in [2.75, 3.05) is 5.33 Å². The minimum Gasteiger partial charge on any atom is -0.430 e. The van der Waals surface area contributed by atoms with Crippen LogP contribution in [-0.4, -0.2) is 16.4 Å². The fourth-order valence-corrected chi connectivity index (χ4v) is 0.722. The highest BCUT2D eigenvalue weighted by Crippen LogP contribution is 2.21. The molecule has 1 rings (SSSR count). The maximum absolute atomic E-state index is 12.5. The van der Waals surface area contributed by atoms with Gasteiger partial charge in [0.05, 0.1) is 6.20 Å². The molecule has 0 saturated heterocycles. The molecule has 0 amide bonds. The van der Waals surface area contributed by atoms with Crippen LogP contribution in [0.2, 0.25) is 0 Å². The number of aromatic nitrogens is 1. The van der Waals surface area contributed by atoms with E-state index in [4.69, 9.17) is 0 Å². The highest BCUT2D eigenvalue weighted by molar-refractivity contribution is 9.09. The minimum absolute atomic E-state index is 0.0574. The lowest BCUT2D eigenvalue weighted by atomic mass is 10.5. The predicted octanol–water partition coefficient (Wildman–Crippen LogP) is 2.45. The summed E-state index contributed by atoms with van der Waals surface area (Å²) in [5.74, 6) is 0.0574. The minimum atomic E-state index is -3.18. The molecule has 1 aromatic rings. The largest absolute Gasteiger partial charge is 0.430 e. The number of nitrogens with zero attached hydrogens (tertiary/aromatic N) is 1. The zero-order chi connectivity index (χ0) is 9.03. The molecule has 0 aliphatic rings. The van der Waals surface area contributed by atoms with E-state index in [9.17, 15) is 8.78 Å². The Bertz CT molecular complexity index is 242. The fraction of sp³-hybridized carbons (Fsp3) is 0.286. The lowest BCUT2D eigenvalue weighted by molar-refractivity contribution is -0.153. The standard InChI is InChI=1S/C7H6BrF2NO/c8-5-7(9,10)12-6-2-1-3-11-4-6/h1-4H,5H2. The number of hydrogen-bond donors (Lipinski definition) is 0. The number of halogens is 3. The van der Waals surface area contributed by atoms with Gasteiger partial charge in [0.25, 0.3) is 0 Å². The fourth-order valence-electron chi connectivity index (χ4n) is 0.607. The summed E-state index contributed by atoms with van der Waals surface area (Å²) in [5, 5.41) is -0.533. The van der Waals surface area contributed by atoms with Crippen LogP contribution in [0.5, 0.6) is 5.75 Å². The molecule has 66 valence electrons. The van der Waals surface area contributed by atoms with Gasteiger partial charge >= 0.3 is 6.11 Å². The molecule has 0 radical (unpaired) electrons. The van der Waals surface area contributed by atoms with E-state index in [1.54, 1.807) is 0 Å². The molecule has 1 heterocycles. The molecule has 2 nitrogen and oxygen atoms in total. The Balaban J connectivity index is 2.64. The molecule has 12 heavy (non-hydrogen) atoms. The Morgan fingerprint density at radius 1 is 1.58 bits per heavy atom. The molecule has 0 atom stereocenters. The van der Waals surface area contributed by atoms with Crippen LogP contribution in [0.4, 0.5) is 8.78 Å². The SMILES string of the molecule is FC(F)(CBr)Oc1cccnc1. The molecule has 0 aliphatic heterocycles. The molecule has 1 aromatic heterocycles. The molecule has 5 heteroatoms. The maximum atomic E-state index is 12.5. The number of hydrogen-bond acceptors (Lipinski definition) is 2. The van der Waals surface area contributed by atoms with Gasteiger partial charge in [0.1, 0.15) is 11.1 Å². The van der Waals surface area contributed by atoms with Crippen molar-refractivity contribution in [3.8, 4) is 5.75 Å². The normalized spacial score (nSPS) is 11.2. The first-order valence-electron chi connectivity index (χ1n) is 3.17. The van der Waals surface area contributed by atoms with Crippen molar-refractivity contribution >= 4 is 15.9 Å². The summed E-state index contributed by atoms with van der Waals surface area (Å²) in [6.45, 7) is 0. The maximum Gasteiger partial charge on any atom is 0.407 e. The third-order valence-electron chi connectivity index (χ3n) is 1.06. The zero-order valence-corrected chi connectivity index (χ0v) is 7.59. The molecule has 0 saturated carbocycles. The van der Waals surface area contributed by atoms with Crippen molar-refractivity contribution in [3.63, 3.8) is 0 Å². The van der Waals surface area contributed by atoms with E-state index in [1.165, 1.54) is 24.5 Å². The number of pyridine rings is 1. The van der Waals surface area contributed by atoms with Gasteiger partial charge in [-0.3, -0.25) is 4.98 Å². The summed E-state index contributed by atoms with van der Waals surface area (Å²) in [4.78, 5) is 3.63. The Morgan fingerprint density at radius 2 is 2.33 bits per heavy atom. The predicted molar refractivity (Wildman–Crippen MR) is 43.6 cm³/mol. The van der Waals surface area contributed by atoms with Crippen molar-refractivity contribution in [1.29, 1.82) is 0 Å². The van der Waals surface area contributed by atoms with Crippen LogP contribution in [0.1, 0.15) is 0 Å². The quantitative estimate of drug-likeness (QED) is 0.754. The monoisotopic (exact) mass is 237 g/mol. The van der Waals surface area contributed by atoms with Gasteiger partial charge in [-0.25, -0.2) is 0 Å². The van der Waals surface area contributed by atoms with Gasteiger partial charge in [0, 0.05) is 6.20 Å². The molecule has 0 bridgehead atoms. The van der Waals surface area contributed by atoms with E-state index in [0.29, 0.717) is 0 Å². The molecular formula is C7H6BrF2NO. The molecule has 0 unspecified atom stereocenters. The third-order valence-corrected chi connectivity index (χ3v) is 1.71.